The van der Waals surface area contributed by atoms with Crippen molar-refractivity contribution in [1.82, 2.24) is 5.32 Å². The van der Waals surface area contributed by atoms with Gasteiger partial charge in [0.05, 0.1) is 0 Å². The lowest BCUT2D eigenvalue weighted by Gasteiger charge is -2.42. The van der Waals surface area contributed by atoms with Crippen molar-refractivity contribution in [3.8, 4) is 5.75 Å². The molecule has 2 heteroatoms. The molecule has 1 aromatic rings. The quantitative estimate of drug-likeness (QED) is 0.798. The lowest BCUT2D eigenvalue weighted by molar-refractivity contribution is 0.131. The number of phenols is 1. The number of rotatable bonds is 5. The SMILES string of the molecule is CCNCC1(Cc2ccc(O)cc2)CCC1. The van der Waals surface area contributed by atoms with Crippen LogP contribution < -0.4 is 5.32 Å². The van der Waals surface area contributed by atoms with Crippen LogP contribution in [-0.2, 0) is 6.42 Å². The fourth-order valence-electron chi connectivity index (χ4n) is 2.53. The molecule has 1 saturated carbocycles. The maximum atomic E-state index is 9.26. The average Bonchev–Trinajstić information content (AvgIpc) is 2.25. The van der Waals surface area contributed by atoms with Crippen LogP contribution in [0.2, 0.25) is 0 Å². The lowest BCUT2D eigenvalue weighted by Crippen LogP contribution is -2.41. The first kappa shape index (κ1) is 11.5. The van der Waals surface area contributed by atoms with E-state index in [1.165, 1.54) is 24.8 Å². The minimum atomic E-state index is 0.359. The molecular weight excluding hydrogens is 198 g/mol. The van der Waals surface area contributed by atoms with E-state index in [0.29, 0.717) is 11.2 Å². The first-order chi connectivity index (χ1) is 7.74. The Hall–Kier alpha value is -1.02. The third-order valence-corrected chi connectivity index (χ3v) is 3.68. The molecule has 0 aliphatic heterocycles. The smallest absolute Gasteiger partial charge is 0.115 e. The summed E-state index contributed by atoms with van der Waals surface area (Å²) in [7, 11) is 0. The summed E-state index contributed by atoms with van der Waals surface area (Å²) >= 11 is 0. The molecule has 1 aromatic carbocycles. The highest BCUT2D eigenvalue weighted by molar-refractivity contribution is 5.27. The molecule has 1 aliphatic rings. The van der Waals surface area contributed by atoms with Gasteiger partial charge in [-0.15, -0.1) is 0 Å². The molecule has 0 unspecified atom stereocenters. The van der Waals surface area contributed by atoms with E-state index in [-0.39, 0.29) is 0 Å². The Balaban J connectivity index is 1.98. The predicted octanol–water partition coefficient (Wildman–Crippen LogP) is 2.71. The zero-order chi connectivity index (χ0) is 11.4. The van der Waals surface area contributed by atoms with Gasteiger partial charge in [0.15, 0.2) is 0 Å². The molecule has 0 bridgehead atoms. The molecule has 16 heavy (non-hydrogen) atoms. The Morgan fingerprint density at radius 3 is 2.44 bits per heavy atom. The molecular formula is C14H21NO. The minimum absolute atomic E-state index is 0.359. The summed E-state index contributed by atoms with van der Waals surface area (Å²) in [5.74, 6) is 0.359. The Bertz CT molecular complexity index is 327. The van der Waals surface area contributed by atoms with Crippen molar-refractivity contribution >= 4 is 0 Å². The highest BCUT2D eigenvalue weighted by Gasteiger charge is 2.36. The molecule has 1 aliphatic carbocycles. The van der Waals surface area contributed by atoms with Crippen LogP contribution >= 0.6 is 0 Å². The van der Waals surface area contributed by atoms with E-state index in [0.717, 1.165) is 19.5 Å². The molecule has 0 saturated heterocycles. The predicted molar refractivity (Wildman–Crippen MR) is 66.6 cm³/mol. The van der Waals surface area contributed by atoms with E-state index >= 15 is 0 Å². The maximum Gasteiger partial charge on any atom is 0.115 e. The van der Waals surface area contributed by atoms with Gasteiger partial charge in [0.2, 0.25) is 0 Å². The van der Waals surface area contributed by atoms with Crippen LogP contribution in [0.1, 0.15) is 31.7 Å². The van der Waals surface area contributed by atoms with Crippen molar-refractivity contribution in [2.45, 2.75) is 32.6 Å². The topological polar surface area (TPSA) is 32.3 Å². The maximum absolute atomic E-state index is 9.26. The zero-order valence-corrected chi connectivity index (χ0v) is 10.00. The monoisotopic (exact) mass is 219 g/mol. The largest absolute Gasteiger partial charge is 0.508 e. The molecule has 0 heterocycles. The minimum Gasteiger partial charge on any atom is -0.508 e. The van der Waals surface area contributed by atoms with E-state index in [4.69, 9.17) is 0 Å². The van der Waals surface area contributed by atoms with Crippen molar-refractivity contribution in [3.05, 3.63) is 29.8 Å². The second-order valence-electron chi connectivity index (χ2n) is 4.98. The molecule has 88 valence electrons. The number of phenolic OH excluding ortho intramolecular Hbond substituents is 1. The van der Waals surface area contributed by atoms with E-state index < -0.39 is 0 Å². The van der Waals surface area contributed by atoms with Crippen molar-refractivity contribution in [2.75, 3.05) is 13.1 Å². The van der Waals surface area contributed by atoms with Crippen LogP contribution in [-0.4, -0.2) is 18.2 Å². The van der Waals surface area contributed by atoms with Gasteiger partial charge in [-0.25, -0.2) is 0 Å². The highest BCUT2D eigenvalue weighted by Crippen LogP contribution is 2.43. The average molecular weight is 219 g/mol. The van der Waals surface area contributed by atoms with Crippen LogP contribution in [0, 0.1) is 5.41 Å². The summed E-state index contributed by atoms with van der Waals surface area (Å²) in [5.41, 5.74) is 1.82. The summed E-state index contributed by atoms with van der Waals surface area (Å²) < 4.78 is 0. The summed E-state index contributed by atoms with van der Waals surface area (Å²) in [4.78, 5) is 0. The summed E-state index contributed by atoms with van der Waals surface area (Å²) in [6.07, 6.45) is 5.17. The van der Waals surface area contributed by atoms with Crippen LogP contribution in [0.5, 0.6) is 5.75 Å². The van der Waals surface area contributed by atoms with Crippen LogP contribution in [0.4, 0.5) is 0 Å². The molecule has 0 radical (unpaired) electrons. The molecule has 0 atom stereocenters. The highest BCUT2D eigenvalue weighted by atomic mass is 16.3. The van der Waals surface area contributed by atoms with Gasteiger partial charge < -0.3 is 10.4 Å². The Labute approximate surface area is 97.7 Å². The number of hydrogen-bond acceptors (Lipinski definition) is 2. The van der Waals surface area contributed by atoms with Gasteiger partial charge in [0.25, 0.3) is 0 Å². The number of benzene rings is 1. The first-order valence-corrected chi connectivity index (χ1v) is 6.23. The van der Waals surface area contributed by atoms with Crippen molar-refractivity contribution in [2.24, 2.45) is 5.41 Å². The van der Waals surface area contributed by atoms with Crippen LogP contribution in [0.25, 0.3) is 0 Å². The second-order valence-corrected chi connectivity index (χ2v) is 4.98. The summed E-state index contributed by atoms with van der Waals surface area (Å²) in [6.45, 7) is 4.34. The van der Waals surface area contributed by atoms with Gasteiger partial charge in [-0.05, 0) is 48.9 Å². The molecule has 0 spiro atoms. The molecule has 2 rings (SSSR count). The normalized spacial score (nSPS) is 18.1. The fourth-order valence-corrected chi connectivity index (χ4v) is 2.53. The van der Waals surface area contributed by atoms with Crippen molar-refractivity contribution < 1.29 is 5.11 Å². The van der Waals surface area contributed by atoms with Gasteiger partial charge in [-0.1, -0.05) is 25.5 Å². The standard InChI is InChI=1S/C14H21NO/c1-2-15-11-14(8-3-9-14)10-12-4-6-13(16)7-5-12/h4-7,15-16H,2-3,8-11H2,1H3. The fraction of sp³-hybridized carbons (Fsp3) is 0.571. The lowest BCUT2D eigenvalue weighted by atomic mass is 9.65. The van der Waals surface area contributed by atoms with Gasteiger partial charge in [0, 0.05) is 6.54 Å². The summed E-state index contributed by atoms with van der Waals surface area (Å²) in [5, 5.41) is 12.7. The number of aromatic hydroxyl groups is 1. The van der Waals surface area contributed by atoms with E-state index in [2.05, 4.69) is 12.2 Å². The molecule has 2 nitrogen and oxygen atoms in total. The van der Waals surface area contributed by atoms with Crippen molar-refractivity contribution in [1.29, 1.82) is 0 Å². The van der Waals surface area contributed by atoms with Gasteiger partial charge in [-0.3, -0.25) is 0 Å². The second kappa shape index (κ2) is 4.88. The van der Waals surface area contributed by atoms with E-state index in [9.17, 15) is 5.11 Å². The third-order valence-electron chi connectivity index (χ3n) is 3.68. The third kappa shape index (κ3) is 2.56. The zero-order valence-electron chi connectivity index (χ0n) is 10.00. The van der Waals surface area contributed by atoms with Gasteiger partial charge in [-0.2, -0.15) is 0 Å². The Morgan fingerprint density at radius 2 is 1.94 bits per heavy atom. The van der Waals surface area contributed by atoms with Crippen LogP contribution in [0.15, 0.2) is 24.3 Å². The molecule has 1 fully saturated rings. The summed E-state index contributed by atoms with van der Waals surface area (Å²) in [6, 6.07) is 7.66. The van der Waals surface area contributed by atoms with Crippen molar-refractivity contribution in [3.63, 3.8) is 0 Å². The van der Waals surface area contributed by atoms with Gasteiger partial charge >= 0.3 is 0 Å². The number of hydrogen-bond donors (Lipinski definition) is 2. The Kier molecular flexibility index (Phi) is 3.49. The molecule has 0 aromatic heterocycles. The van der Waals surface area contributed by atoms with Crippen LogP contribution in [0.3, 0.4) is 0 Å². The first-order valence-electron chi connectivity index (χ1n) is 6.23. The number of nitrogens with one attached hydrogen (secondary N) is 1. The molecule has 2 N–H and O–H groups in total. The Morgan fingerprint density at radius 1 is 1.25 bits per heavy atom. The van der Waals surface area contributed by atoms with E-state index in [1.54, 1.807) is 12.1 Å². The molecule has 0 amide bonds. The van der Waals surface area contributed by atoms with Gasteiger partial charge in [0.1, 0.15) is 5.75 Å². The van der Waals surface area contributed by atoms with E-state index in [1.807, 2.05) is 12.1 Å².